The predicted octanol–water partition coefficient (Wildman–Crippen LogP) is 2.57. The molecular formula is C18H20N4O3S. The summed E-state index contributed by atoms with van der Waals surface area (Å²) in [5, 5.41) is 12.9. The Morgan fingerprint density at radius 1 is 1.27 bits per heavy atom. The SMILES string of the molecule is Cc1sc2nc(CN3CCOCC3)nc(Oc3cccc[n+]3[O-])c2c1C. The molecule has 0 spiro atoms. The van der Waals surface area contributed by atoms with Gasteiger partial charge < -0.3 is 14.7 Å². The predicted molar refractivity (Wildman–Crippen MR) is 98.5 cm³/mol. The van der Waals surface area contributed by atoms with Crippen molar-refractivity contribution in [2.75, 3.05) is 26.3 Å². The third-order valence-electron chi connectivity index (χ3n) is 4.50. The number of ether oxygens (including phenoxy) is 2. The minimum atomic E-state index is 0.202. The lowest BCUT2D eigenvalue weighted by Crippen LogP contribution is -2.36. The molecule has 7 nitrogen and oxygen atoms in total. The number of morpholine rings is 1. The second-order valence-electron chi connectivity index (χ2n) is 6.26. The van der Waals surface area contributed by atoms with Crippen LogP contribution in [0.15, 0.2) is 24.4 Å². The first-order valence-electron chi connectivity index (χ1n) is 8.54. The maximum atomic E-state index is 12.0. The number of nitrogens with zero attached hydrogens (tertiary/aromatic N) is 4. The maximum absolute atomic E-state index is 12.0. The van der Waals surface area contributed by atoms with Crippen LogP contribution in [0.5, 0.6) is 11.8 Å². The lowest BCUT2D eigenvalue weighted by Gasteiger charge is -2.25. The van der Waals surface area contributed by atoms with E-state index in [0.717, 1.165) is 42.1 Å². The molecule has 1 saturated heterocycles. The van der Waals surface area contributed by atoms with Crippen LogP contribution in [-0.2, 0) is 11.3 Å². The van der Waals surface area contributed by atoms with Gasteiger partial charge in [0.05, 0.1) is 31.2 Å². The summed E-state index contributed by atoms with van der Waals surface area (Å²) in [6, 6.07) is 5.07. The normalized spacial score (nSPS) is 15.5. The number of aryl methyl sites for hydroxylation is 2. The van der Waals surface area contributed by atoms with E-state index < -0.39 is 0 Å². The molecule has 1 fully saturated rings. The van der Waals surface area contributed by atoms with Gasteiger partial charge in [0, 0.05) is 24.0 Å². The molecule has 1 aliphatic heterocycles. The van der Waals surface area contributed by atoms with Gasteiger partial charge in [0.1, 0.15) is 10.7 Å². The minimum Gasteiger partial charge on any atom is -0.616 e. The molecule has 136 valence electrons. The lowest BCUT2D eigenvalue weighted by molar-refractivity contribution is -0.611. The molecular weight excluding hydrogens is 352 g/mol. The maximum Gasteiger partial charge on any atom is 0.386 e. The highest BCUT2D eigenvalue weighted by molar-refractivity contribution is 7.18. The molecule has 4 heterocycles. The fraction of sp³-hybridized carbons (Fsp3) is 0.389. The first-order chi connectivity index (χ1) is 12.6. The van der Waals surface area contributed by atoms with Crippen LogP contribution in [0.1, 0.15) is 16.3 Å². The molecule has 26 heavy (non-hydrogen) atoms. The molecule has 0 N–H and O–H groups in total. The van der Waals surface area contributed by atoms with Gasteiger partial charge in [-0.3, -0.25) is 4.90 Å². The Bertz CT molecular complexity index is 938. The summed E-state index contributed by atoms with van der Waals surface area (Å²) >= 11 is 1.62. The Morgan fingerprint density at radius 2 is 2.08 bits per heavy atom. The molecule has 0 atom stereocenters. The number of pyridine rings is 1. The first kappa shape index (κ1) is 17.1. The van der Waals surface area contributed by atoms with Gasteiger partial charge in [-0.15, -0.1) is 16.1 Å². The van der Waals surface area contributed by atoms with Crippen molar-refractivity contribution in [1.29, 1.82) is 0 Å². The summed E-state index contributed by atoms with van der Waals surface area (Å²) in [6.07, 6.45) is 1.41. The number of thiophene rings is 1. The summed E-state index contributed by atoms with van der Waals surface area (Å²) in [4.78, 5) is 13.7. The van der Waals surface area contributed by atoms with Crippen LogP contribution in [0.2, 0.25) is 0 Å². The van der Waals surface area contributed by atoms with Crippen molar-refractivity contribution in [2.24, 2.45) is 0 Å². The van der Waals surface area contributed by atoms with Crippen LogP contribution in [-0.4, -0.2) is 41.2 Å². The highest BCUT2D eigenvalue weighted by atomic mass is 32.1. The van der Waals surface area contributed by atoms with E-state index in [1.165, 1.54) is 11.1 Å². The van der Waals surface area contributed by atoms with Crippen molar-refractivity contribution in [1.82, 2.24) is 14.9 Å². The van der Waals surface area contributed by atoms with Gasteiger partial charge in [0.2, 0.25) is 5.88 Å². The zero-order valence-corrected chi connectivity index (χ0v) is 15.6. The molecule has 3 aromatic heterocycles. The summed E-state index contributed by atoms with van der Waals surface area (Å²) in [6.45, 7) is 7.90. The Labute approximate surface area is 155 Å². The number of aromatic nitrogens is 3. The molecule has 0 unspecified atom stereocenters. The van der Waals surface area contributed by atoms with Gasteiger partial charge in [0.15, 0.2) is 6.20 Å². The second kappa shape index (κ2) is 7.14. The van der Waals surface area contributed by atoms with Crippen LogP contribution >= 0.6 is 11.3 Å². The first-order valence-corrected chi connectivity index (χ1v) is 9.36. The van der Waals surface area contributed by atoms with Gasteiger partial charge >= 0.3 is 5.88 Å². The van der Waals surface area contributed by atoms with Gasteiger partial charge in [-0.25, -0.2) is 4.98 Å². The standard InChI is InChI=1S/C18H20N4O3S/c1-12-13(2)26-18-16(12)17(25-15-5-3-4-6-22(15)23)19-14(20-18)11-21-7-9-24-10-8-21/h3-6H,7-11H2,1-2H3. The van der Waals surface area contributed by atoms with Crippen molar-refractivity contribution in [3.63, 3.8) is 0 Å². The van der Waals surface area contributed by atoms with E-state index in [4.69, 9.17) is 14.5 Å². The van der Waals surface area contributed by atoms with Crippen molar-refractivity contribution < 1.29 is 14.2 Å². The highest BCUT2D eigenvalue weighted by Gasteiger charge is 2.20. The van der Waals surface area contributed by atoms with Gasteiger partial charge in [-0.2, -0.15) is 4.98 Å². The quantitative estimate of drug-likeness (QED) is 0.518. The number of fused-ring (bicyclic) bond motifs is 1. The minimum absolute atomic E-state index is 0.202. The molecule has 1 aliphatic rings. The van der Waals surface area contributed by atoms with Crippen LogP contribution in [0.3, 0.4) is 0 Å². The third kappa shape index (κ3) is 3.35. The Balaban J connectivity index is 1.74. The summed E-state index contributed by atoms with van der Waals surface area (Å²) in [5.74, 6) is 1.34. The number of rotatable bonds is 4. The fourth-order valence-corrected chi connectivity index (χ4v) is 3.99. The van der Waals surface area contributed by atoms with Gasteiger partial charge in [-0.1, -0.05) is 0 Å². The molecule has 0 aliphatic carbocycles. The van der Waals surface area contributed by atoms with Crippen molar-refractivity contribution in [3.05, 3.63) is 45.9 Å². The van der Waals surface area contributed by atoms with Crippen LogP contribution in [0.25, 0.3) is 10.2 Å². The Kier molecular flexibility index (Phi) is 4.71. The van der Waals surface area contributed by atoms with E-state index in [0.29, 0.717) is 23.0 Å². The Hall–Kier alpha value is -2.29. The zero-order valence-electron chi connectivity index (χ0n) is 14.8. The molecule has 3 aromatic rings. The summed E-state index contributed by atoms with van der Waals surface area (Å²) in [5.41, 5.74) is 1.09. The largest absolute Gasteiger partial charge is 0.616 e. The molecule has 0 radical (unpaired) electrons. The molecule has 0 saturated carbocycles. The highest BCUT2D eigenvalue weighted by Crippen LogP contribution is 2.36. The van der Waals surface area contributed by atoms with E-state index in [1.54, 1.807) is 29.5 Å². The van der Waals surface area contributed by atoms with E-state index in [9.17, 15) is 5.21 Å². The zero-order chi connectivity index (χ0) is 18.1. The number of hydrogen-bond donors (Lipinski definition) is 0. The van der Waals surface area contributed by atoms with E-state index in [2.05, 4.69) is 16.8 Å². The fourth-order valence-electron chi connectivity index (χ4n) is 2.95. The molecule has 4 rings (SSSR count). The van der Waals surface area contributed by atoms with Gasteiger partial charge in [-0.05, 0) is 25.5 Å². The summed E-state index contributed by atoms with van der Waals surface area (Å²) < 4.78 is 12.0. The molecule has 0 aromatic carbocycles. The average molecular weight is 372 g/mol. The average Bonchev–Trinajstić information content (AvgIpc) is 2.92. The molecule has 0 bridgehead atoms. The Morgan fingerprint density at radius 3 is 2.85 bits per heavy atom. The molecule has 0 amide bonds. The van der Waals surface area contributed by atoms with Crippen LogP contribution in [0, 0.1) is 19.1 Å². The topological polar surface area (TPSA) is 74.4 Å². The van der Waals surface area contributed by atoms with Crippen molar-refractivity contribution in [3.8, 4) is 11.8 Å². The lowest BCUT2D eigenvalue weighted by atomic mass is 10.2. The van der Waals surface area contributed by atoms with E-state index in [1.807, 2.05) is 6.92 Å². The van der Waals surface area contributed by atoms with Crippen molar-refractivity contribution >= 4 is 21.6 Å². The van der Waals surface area contributed by atoms with Gasteiger partial charge in [0.25, 0.3) is 0 Å². The van der Waals surface area contributed by atoms with Crippen LogP contribution < -0.4 is 9.47 Å². The van der Waals surface area contributed by atoms with E-state index in [-0.39, 0.29) is 5.88 Å². The summed E-state index contributed by atoms with van der Waals surface area (Å²) in [7, 11) is 0. The van der Waals surface area contributed by atoms with E-state index >= 15 is 0 Å². The molecule has 8 heteroatoms. The monoisotopic (exact) mass is 372 g/mol. The second-order valence-corrected chi connectivity index (χ2v) is 7.47. The number of hydrogen-bond acceptors (Lipinski definition) is 7. The smallest absolute Gasteiger partial charge is 0.386 e. The van der Waals surface area contributed by atoms with Crippen LogP contribution in [0.4, 0.5) is 0 Å². The van der Waals surface area contributed by atoms with Crippen molar-refractivity contribution in [2.45, 2.75) is 20.4 Å². The third-order valence-corrected chi connectivity index (χ3v) is 5.60.